The van der Waals surface area contributed by atoms with Crippen LogP contribution >= 0.6 is 0 Å². The normalized spacial score (nSPS) is 26.2. The average Bonchev–Trinajstić information content (AvgIpc) is 3.59. The van der Waals surface area contributed by atoms with Gasteiger partial charge in [0.2, 0.25) is 11.8 Å². The van der Waals surface area contributed by atoms with Gasteiger partial charge >= 0.3 is 5.97 Å². The summed E-state index contributed by atoms with van der Waals surface area (Å²) in [5.74, 6) is -1.01. The quantitative estimate of drug-likeness (QED) is 0.292. The zero-order valence-corrected chi connectivity index (χ0v) is 19.6. The second-order valence-corrected chi connectivity index (χ2v) is 9.89. The van der Waals surface area contributed by atoms with Gasteiger partial charge in [-0.05, 0) is 60.4 Å². The number of ether oxygens (including phenoxy) is 1. The van der Waals surface area contributed by atoms with E-state index in [2.05, 4.69) is 12.1 Å². The van der Waals surface area contributed by atoms with Crippen LogP contribution in [-0.4, -0.2) is 30.2 Å². The van der Waals surface area contributed by atoms with Crippen molar-refractivity contribution >= 4 is 29.3 Å². The molecule has 0 aromatic heterocycles. The molecule has 3 aromatic rings. The lowest BCUT2D eigenvalue weighted by Gasteiger charge is -2.28. The molecule has 2 aliphatic carbocycles. The van der Waals surface area contributed by atoms with E-state index in [-0.39, 0.29) is 53.4 Å². The van der Waals surface area contributed by atoms with Crippen molar-refractivity contribution in [3.63, 3.8) is 0 Å². The predicted molar refractivity (Wildman–Crippen MR) is 132 cm³/mol. The van der Waals surface area contributed by atoms with Crippen molar-refractivity contribution in [1.29, 1.82) is 0 Å². The van der Waals surface area contributed by atoms with Crippen molar-refractivity contribution in [2.75, 3.05) is 11.5 Å². The van der Waals surface area contributed by atoms with E-state index in [1.165, 1.54) is 22.6 Å². The Morgan fingerprint density at radius 2 is 1.39 bits per heavy atom. The van der Waals surface area contributed by atoms with Crippen molar-refractivity contribution < 1.29 is 23.9 Å². The first-order valence-corrected chi connectivity index (χ1v) is 12.3. The highest BCUT2D eigenvalue weighted by molar-refractivity contribution is 6.22. The fraction of sp³-hybridized carbons (Fsp3) is 0.267. The number of rotatable bonds is 6. The summed E-state index contributed by atoms with van der Waals surface area (Å²) in [6.45, 7) is -0.359. The number of carbonyl (C=O) groups excluding carboxylic acids is 4. The minimum absolute atomic E-state index is 0.132. The summed E-state index contributed by atoms with van der Waals surface area (Å²) in [4.78, 5) is 52.7. The Morgan fingerprint density at radius 1 is 0.750 bits per heavy atom. The van der Waals surface area contributed by atoms with E-state index in [4.69, 9.17) is 4.74 Å². The van der Waals surface area contributed by atoms with E-state index in [0.29, 0.717) is 17.2 Å². The standard InChI is InChI=1S/C30H25NO5/c32-25(19-9-5-2-6-10-19)17-36-30(35)20-11-13-22(14-12-20)31-28(33)26-21-15-23(18-7-3-1-4-8-18)24(16-21)27(26)29(31)34/h1-14,21,23-24,26-27H,15-17H2. The number of ketones is 1. The molecule has 2 bridgehead atoms. The van der Waals surface area contributed by atoms with Crippen LogP contribution in [0.3, 0.4) is 0 Å². The molecule has 0 spiro atoms. The van der Waals surface area contributed by atoms with Gasteiger partial charge in [-0.3, -0.25) is 19.3 Å². The minimum Gasteiger partial charge on any atom is -0.454 e. The highest BCUT2D eigenvalue weighted by Gasteiger charge is 2.64. The van der Waals surface area contributed by atoms with Crippen LogP contribution in [0.2, 0.25) is 0 Å². The maximum Gasteiger partial charge on any atom is 0.338 e. The fourth-order valence-corrected chi connectivity index (χ4v) is 6.47. The predicted octanol–water partition coefficient (Wildman–Crippen LogP) is 4.66. The maximum atomic E-state index is 13.5. The summed E-state index contributed by atoms with van der Waals surface area (Å²) in [6.07, 6.45) is 1.86. The number of nitrogens with zero attached hydrogens (tertiary/aromatic N) is 1. The Hall–Kier alpha value is -4.06. The first kappa shape index (κ1) is 22.4. The Labute approximate surface area is 208 Å². The van der Waals surface area contributed by atoms with E-state index in [1.807, 2.05) is 18.2 Å². The van der Waals surface area contributed by atoms with Crippen LogP contribution in [0.25, 0.3) is 0 Å². The summed E-state index contributed by atoms with van der Waals surface area (Å²) >= 11 is 0. The van der Waals surface area contributed by atoms with Crippen LogP contribution in [0.4, 0.5) is 5.69 Å². The molecule has 1 aliphatic heterocycles. The Kier molecular flexibility index (Phi) is 5.52. The second kappa shape index (κ2) is 8.86. The molecule has 2 amide bonds. The van der Waals surface area contributed by atoms with E-state index < -0.39 is 5.97 Å². The second-order valence-electron chi connectivity index (χ2n) is 9.89. The van der Waals surface area contributed by atoms with Crippen molar-refractivity contribution in [3.05, 3.63) is 102 Å². The highest BCUT2D eigenvalue weighted by atomic mass is 16.5. The van der Waals surface area contributed by atoms with Crippen LogP contribution < -0.4 is 4.90 Å². The van der Waals surface area contributed by atoms with Crippen molar-refractivity contribution in [2.45, 2.75) is 18.8 Å². The SMILES string of the molecule is O=C(COC(=O)c1ccc(N2C(=O)C3C4CC(c5ccccc5)C(C4)C3C2=O)cc1)c1ccccc1. The lowest BCUT2D eigenvalue weighted by Crippen LogP contribution is -2.33. The fourth-order valence-electron chi connectivity index (χ4n) is 6.47. The third-order valence-corrected chi connectivity index (χ3v) is 8.03. The molecule has 180 valence electrons. The summed E-state index contributed by atoms with van der Waals surface area (Å²) in [6, 6.07) is 25.2. The number of carbonyl (C=O) groups is 4. The summed E-state index contributed by atoms with van der Waals surface area (Å²) in [7, 11) is 0. The Balaban J connectivity index is 1.14. The molecule has 3 fully saturated rings. The van der Waals surface area contributed by atoms with Gasteiger partial charge in [0.15, 0.2) is 12.4 Å². The Morgan fingerprint density at radius 3 is 2.08 bits per heavy atom. The number of esters is 1. The molecule has 0 N–H and O–H groups in total. The number of anilines is 1. The molecule has 3 aliphatic rings. The largest absolute Gasteiger partial charge is 0.454 e. The Bertz CT molecular complexity index is 1330. The molecule has 6 rings (SSSR count). The maximum absolute atomic E-state index is 13.5. The number of hydrogen-bond acceptors (Lipinski definition) is 5. The molecule has 36 heavy (non-hydrogen) atoms. The van der Waals surface area contributed by atoms with Gasteiger partial charge in [0.25, 0.3) is 0 Å². The molecule has 1 heterocycles. The zero-order valence-electron chi connectivity index (χ0n) is 19.6. The van der Waals surface area contributed by atoms with Crippen LogP contribution in [0.5, 0.6) is 0 Å². The lowest BCUT2D eigenvalue weighted by atomic mass is 9.73. The number of benzene rings is 3. The topological polar surface area (TPSA) is 80.8 Å². The van der Waals surface area contributed by atoms with Crippen LogP contribution in [0.15, 0.2) is 84.9 Å². The van der Waals surface area contributed by atoms with Gasteiger partial charge in [0, 0.05) is 5.56 Å². The van der Waals surface area contributed by atoms with Crippen molar-refractivity contribution in [1.82, 2.24) is 0 Å². The van der Waals surface area contributed by atoms with E-state index in [0.717, 1.165) is 12.8 Å². The molecular formula is C30H25NO5. The van der Waals surface area contributed by atoms with Gasteiger partial charge in [0.05, 0.1) is 23.1 Å². The molecule has 2 saturated carbocycles. The van der Waals surface area contributed by atoms with E-state index in [9.17, 15) is 19.2 Å². The number of Topliss-reactive ketones (excluding diaryl/α,β-unsaturated/α-hetero) is 1. The summed E-state index contributed by atoms with van der Waals surface area (Å²) in [5, 5.41) is 0. The molecule has 0 radical (unpaired) electrons. The van der Waals surface area contributed by atoms with Crippen molar-refractivity contribution in [2.24, 2.45) is 23.7 Å². The zero-order chi connectivity index (χ0) is 24.8. The number of imide groups is 1. The molecule has 3 aromatic carbocycles. The first-order valence-electron chi connectivity index (χ1n) is 12.3. The van der Waals surface area contributed by atoms with Gasteiger partial charge in [-0.15, -0.1) is 0 Å². The summed E-state index contributed by atoms with van der Waals surface area (Å²) < 4.78 is 5.17. The summed E-state index contributed by atoms with van der Waals surface area (Å²) in [5.41, 5.74) is 2.44. The molecule has 5 unspecified atom stereocenters. The van der Waals surface area contributed by atoms with Gasteiger partial charge < -0.3 is 4.74 Å². The third kappa shape index (κ3) is 3.65. The molecule has 6 heteroatoms. The van der Waals surface area contributed by atoms with Gasteiger partial charge in [0.1, 0.15) is 0 Å². The average molecular weight is 480 g/mol. The monoisotopic (exact) mass is 479 g/mol. The van der Waals surface area contributed by atoms with Crippen LogP contribution in [-0.2, 0) is 14.3 Å². The minimum atomic E-state index is -0.634. The molecule has 1 saturated heterocycles. The van der Waals surface area contributed by atoms with Gasteiger partial charge in [-0.2, -0.15) is 0 Å². The van der Waals surface area contributed by atoms with Gasteiger partial charge in [-0.25, -0.2) is 4.79 Å². The number of amides is 2. The molecule has 6 nitrogen and oxygen atoms in total. The number of hydrogen-bond donors (Lipinski definition) is 0. The highest BCUT2D eigenvalue weighted by Crippen LogP contribution is 2.61. The van der Waals surface area contributed by atoms with Gasteiger partial charge in [-0.1, -0.05) is 60.7 Å². The van der Waals surface area contributed by atoms with Crippen molar-refractivity contribution in [3.8, 4) is 0 Å². The van der Waals surface area contributed by atoms with E-state index in [1.54, 1.807) is 42.5 Å². The molecular weight excluding hydrogens is 454 g/mol. The number of fused-ring (bicyclic) bond motifs is 5. The molecule has 5 atom stereocenters. The first-order chi connectivity index (χ1) is 17.5. The smallest absolute Gasteiger partial charge is 0.338 e. The third-order valence-electron chi connectivity index (χ3n) is 8.03. The van der Waals surface area contributed by atoms with Crippen LogP contribution in [0, 0.1) is 23.7 Å². The lowest BCUT2D eigenvalue weighted by molar-refractivity contribution is -0.123. The van der Waals surface area contributed by atoms with E-state index >= 15 is 0 Å². The van der Waals surface area contributed by atoms with Crippen LogP contribution in [0.1, 0.15) is 45.0 Å².